The Labute approximate surface area is 400 Å². The monoisotopic (exact) mass is 889 g/mol. The number of hydrogen-bond donors (Lipinski definition) is 1. The fraction of sp³-hybridized carbons (Fsp3) is 0.143. The fourth-order valence-electron chi connectivity index (χ4n) is 13.1. The van der Waals surface area contributed by atoms with Crippen LogP contribution < -0.4 is 21.1 Å². The first-order valence-corrected chi connectivity index (χ1v) is 24.9. The summed E-state index contributed by atoms with van der Waals surface area (Å²) in [5.41, 5.74) is 22.6. The summed E-state index contributed by atoms with van der Waals surface area (Å²) in [6, 6.07) is 66.1. The molecule has 2 aromatic heterocycles. The summed E-state index contributed by atoms with van der Waals surface area (Å²) in [7, 11) is 2.46. The van der Waals surface area contributed by atoms with Crippen molar-refractivity contribution >= 4 is 100 Å². The van der Waals surface area contributed by atoms with Crippen molar-refractivity contribution in [3.63, 3.8) is 0 Å². The molecule has 5 heteroatoms. The molecular weight excluding hydrogens is 844 g/mol. The molecule has 1 spiro atoms. The molecule has 15 rings (SSSR count). The summed E-state index contributed by atoms with van der Waals surface area (Å²) in [6.07, 6.45) is 2.35. The molecule has 9 aromatic carbocycles. The van der Waals surface area contributed by atoms with Gasteiger partial charge in [-0.3, -0.25) is 0 Å². The highest BCUT2D eigenvalue weighted by Gasteiger charge is 2.53. The average Bonchev–Trinajstić information content (AvgIpc) is 4.03. The van der Waals surface area contributed by atoms with Gasteiger partial charge in [-0.05, 0) is 116 Å². The SMILES string of the molecule is CC1(C)CCC(C)(C)c2cc(Nc3c(-c4cc5c(oc6ccccc65)c5c4[B]c4cccc6c4N5c4ccccc4C64c5ccccc5-c5ccccc54)ccc4c3sc3ccccc34)ccc21. The van der Waals surface area contributed by atoms with Gasteiger partial charge in [0, 0.05) is 43.2 Å². The third kappa shape index (κ3) is 4.94. The van der Waals surface area contributed by atoms with E-state index in [9.17, 15) is 0 Å². The molecule has 0 amide bonds. The number of anilines is 5. The van der Waals surface area contributed by atoms with E-state index < -0.39 is 5.41 Å². The Hall–Kier alpha value is -7.34. The quantitative estimate of drug-likeness (QED) is 0.179. The number of nitrogens with zero attached hydrogens (tertiary/aromatic N) is 1. The topological polar surface area (TPSA) is 28.4 Å². The summed E-state index contributed by atoms with van der Waals surface area (Å²) < 4.78 is 9.69. The third-order valence-electron chi connectivity index (χ3n) is 16.4. The van der Waals surface area contributed by atoms with E-state index in [1.807, 2.05) is 11.3 Å². The van der Waals surface area contributed by atoms with E-state index in [-0.39, 0.29) is 10.8 Å². The Balaban J connectivity index is 1.03. The van der Waals surface area contributed by atoms with Crippen LogP contribution in [-0.4, -0.2) is 7.28 Å². The second-order valence-corrected chi connectivity index (χ2v) is 21.9. The minimum absolute atomic E-state index is 0.0780. The normalized spacial score (nSPS) is 16.3. The summed E-state index contributed by atoms with van der Waals surface area (Å²) in [4.78, 5) is 2.57. The van der Waals surface area contributed by atoms with Crippen molar-refractivity contribution in [2.75, 3.05) is 10.2 Å². The van der Waals surface area contributed by atoms with Crippen LogP contribution in [0.15, 0.2) is 180 Å². The highest BCUT2D eigenvalue weighted by atomic mass is 32.1. The van der Waals surface area contributed by atoms with E-state index in [1.54, 1.807) is 0 Å². The standard InChI is InChI=1S/C63H46BN2OS/c1-61(2)32-33-62(3,4)50-34-36(28-31-47(50)61)65-56-41(29-30-42-40-19-8-14-27-54(40)68-60(42)56)43-35-44-39-18-7-13-26-53(39)67-59(44)58-55(43)64-51-24-15-23-49-57(51)66(58)52-25-12-11-22-48(52)63(49)45-20-9-5-16-37(45)38-17-6-10-21-46(38)63/h5-31,34-35,65H,32-33H2,1-4H3. The smallest absolute Gasteiger partial charge is 0.198 e. The minimum Gasteiger partial charge on any atom is -0.454 e. The van der Waals surface area contributed by atoms with Crippen LogP contribution in [0.5, 0.6) is 0 Å². The van der Waals surface area contributed by atoms with Gasteiger partial charge in [0.25, 0.3) is 0 Å². The second-order valence-electron chi connectivity index (χ2n) is 20.9. The number of fused-ring (bicyclic) bond motifs is 19. The molecule has 11 aromatic rings. The lowest BCUT2D eigenvalue weighted by molar-refractivity contribution is 0.332. The van der Waals surface area contributed by atoms with E-state index in [0.29, 0.717) is 0 Å². The molecule has 4 heterocycles. The lowest BCUT2D eigenvalue weighted by Gasteiger charge is -2.48. The first-order chi connectivity index (χ1) is 33.2. The van der Waals surface area contributed by atoms with E-state index in [4.69, 9.17) is 4.42 Å². The molecule has 0 bridgehead atoms. The molecule has 68 heavy (non-hydrogen) atoms. The maximum absolute atomic E-state index is 7.15. The zero-order chi connectivity index (χ0) is 45.3. The van der Waals surface area contributed by atoms with Gasteiger partial charge in [0.15, 0.2) is 12.9 Å². The van der Waals surface area contributed by atoms with Crippen molar-refractivity contribution < 1.29 is 4.42 Å². The molecule has 2 aliphatic heterocycles. The fourth-order valence-corrected chi connectivity index (χ4v) is 14.3. The summed E-state index contributed by atoms with van der Waals surface area (Å²) in [6.45, 7) is 9.66. The van der Waals surface area contributed by atoms with E-state index in [2.05, 4.69) is 221 Å². The molecule has 1 N–H and O–H groups in total. The van der Waals surface area contributed by atoms with Crippen molar-refractivity contribution in [3.8, 4) is 22.3 Å². The molecule has 0 fully saturated rings. The van der Waals surface area contributed by atoms with Crippen LogP contribution in [0, 0.1) is 0 Å². The molecule has 2 aliphatic carbocycles. The average molecular weight is 890 g/mol. The number of thiophene rings is 1. The van der Waals surface area contributed by atoms with Gasteiger partial charge in [-0.15, -0.1) is 11.3 Å². The predicted molar refractivity (Wildman–Crippen MR) is 288 cm³/mol. The maximum Gasteiger partial charge on any atom is 0.198 e. The van der Waals surface area contributed by atoms with Crippen molar-refractivity contribution in [1.29, 1.82) is 0 Å². The van der Waals surface area contributed by atoms with Gasteiger partial charge in [0.1, 0.15) is 5.58 Å². The zero-order valence-corrected chi connectivity index (χ0v) is 39.3. The van der Waals surface area contributed by atoms with Crippen LogP contribution in [0.25, 0.3) is 64.4 Å². The minimum atomic E-state index is -0.510. The Kier molecular flexibility index (Phi) is 7.65. The first kappa shape index (κ1) is 38.7. The van der Waals surface area contributed by atoms with Crippen LogP contribution in [0.4, 0.5) is 28.4 Å². The Bertz CT molecular complexity index is 3970. The van der Waals surface area contributed by atoms with Crippen LogP contribution in [0.1, 0.15) is 73.9 Å². The van der Waals surface area contributed by atoms with Crippen LogP contribution in [-0.2, 0) is 16.2 Å². The number of nitrogens with one attached hydrogen (secondary N) is 1. The van der Waals surface area contributed by atoms with Gasteiger partial charge in [0.2, 0.25) is 0 Å². The van der Waals surface area contributed by atoms with Gasteiger partial charge in [-0.1, -0.05) is 173 Å². The Morgan fingerprint density at radius 1 is 0.515 bits per heavy atom. The van der Waals surface area contributed by atoms with Gasteiger partial charge < -0.3 is 14.6 Å². The van der Waals surface area contributed by atoms with Crippen molar-refractivity contribution in [3.05, 3.63) is 209 Å². The van der Waals surface area contributed by atoms with Gasteiger partial charge in [-0.25, -0.2) is 0 Å². The molecule has 3 nitrogen and oxygen atoms in total. The lowest BCUT2D eigenvalue weighted by atomic mass is 9.54. The predicted octanol–water partition coefficient (Wildman–Crippen LogP) is 15.8. The molecule has 0 saturated heterocycles. The number of hydrogen-bond acceptors (Lipinski definition) is 4. The summed E-state index contributed by atoms with van der Waals surface area (Å²) in [5.74, 6) is 0. The van der Waals surface area contributed by atoms with E-state index in [0.717, 1.165) is 50.9 Å². The summed E-state index contributed by atoms with van der Waals surface area (Å²) in [5, 5.41) is 8.95. The maximum atomic E-state index is 7.15. The number of para-hydroxylation sites is 3. The molecule has 0 unspecified atom stereocenters. The second kappa shape index (κ2) is 13.4. The molecular formula is C63H46BN2OS. The Morgan fingerprint density at radius 2 is 1.19 bits per heavy atom. The number of benzene rings is 9. The van der Waals surface area contributed by atoms with E-state index >= 15 is 0 Å². The van der Waals surface area contributed by atoms with Crippen molar-refractivity contribution in [1.82, 2.24) is 0 Å². The highest BCUT2D eigenvalue weighted by molar-refractivity contribution is 7.26. The lowest BCUT2D eigenvalue weighted by Crippen LogP contribution is -2.47. The zero-order valence-electron chi connectivity index (χ0n) is 38.5. The van der Waals surface area contributed by atoms with E-state index in [1.165, 1.54) is 99.1 Å². The molecule has 0 saturated carbocycles. The first-order valence-electron chi connectivity index (χ1n) is 24.1. The highest BCUT2D eigenvalue weighted by Crippen LogP contribution is 2.64. The number of rotatable bonds is 3. The van der Waals surface area contributed by atoms with Crippen molar-refractivity contribution in [2.24, 2.45) is 0 Å². The Morgan fingerprint density at radius 3 is 2.00 bits per heavy atom. The third-order valence-corrected chi connectivity index (χ3v) is 17.6. The molecule has 0 atom stereocenters. The van der Waals surface area contributed by atoms with Gasteiger partial charge >= 0.3 is 0 Å². The number of furan rings is 1. The molecule has 323 valence electrons. The van der Waals surface area contributed by atoms with Gasteiger partial charge in [-0.2, -0.15) is 0 Å². The van der Waals surface area contributed by atoms with Crippen molar-refractivity contribution in [2.45, 2.75) is 56.8 Å². The van der Waals surface area contributed by atoms with Crippen LogP contribution in [0.2, 0.25) is 0 Å². The summed E-state index contributed by atoms with van der Waals surface area (Å²) >= 11 is 1.88. The molecule has 1 radical (unpaired) electrons. The van der Waals surface area contributed by atoms with Crippen LogP contribution >= 0.6 is 11.3 Å². The largest absolute Gasteiger partial charge is 0.454 e. The van der Waals surface area contributed by atoms with Gasteiger partial charge in [0.05, 0.1) is 27.2 Å². The van der Waals surface area contributed by atoms with Crippen LogP contribution in [0.3, 0.4) is 0 Å². The molecule has 4 aliphatic rings.